The van der Waals surface area contributed by atoms with Gasteiger partial charge >= 0.3 is 0 Å². The Labute approximate surface area is 49.4 Å². The van der Waals surface area contributed by atoms with Crippen molar-refractivity contribution in [2.75, 3.05) is 26.7 Å². The number of nitrogens with zero attached hydrogens (tertiary/aromatic N) is 1. The molecule has 2 heteroatoms. The number of rotatable bonds is 0. The van der Waals surface area contributed by atoms with Gasteiger partial charge < -0.3 is 9.64 Å². The quantitative estimate of drug-likeness (QED) is 0.414. The first kappa shape index (κ1) is 4.77. The van der Waals surface area contributed by atoms with Crippen LogP contribution in [0.3, 0.4) is 0 Å². The van der Waals surface area contributed by atoms with E-state index in [9.17, 15) is 0 Å². The monoisotopic (exact) mass is 113 g/mol. The maximum Gasteiger partial charge on any atom is 0.105 e. The zero-order valence-electron chi connectivity index (χ0n) is 5.18. The van der Waals surface area contributed by atoms with Gasteiger partial charge in [0.05, 0.1) is 6.61 Å². The third kappa shape index (κ3) is 0.565. The van der Waals surface area contributed by atoms with Crippen molar-refractivity contribution in [1.29, 1.82) is 0 Å². The molecule has 0 aliphatic carbocycles. The highest BCUT2D eigenvalue weighted by atomic mass is 16.6. The Morgan fingerprint density at radius 3 is 2.62 bits per heavy atom. The summed E-state index contributed by atoms with van der Waals surface area (Å²) >= 11 is 0. The predicted octanol–water partition coefficient (Wildman–Crippen LogP) is 0.0909. The molecule has 1 spiro atoms. The van der Waals surface area contributed by atoms with Crippen LogP contribution in [0.25, 0.3) is 0 Å². The van der Waals surface area contributed by atoms with Crippen LogP contribution in [0.1, 0.15) is 6.42 Å². The lowest BCUT2D eigenvalue weighted by atomic mass is 10.1. The smallest absolute Gasteiger partial charge is 0.105 e. The summed E-state index contributed by atoms with van der Waals surface area (Å²) in [7, 11) is 2.15. The van der Waals surface area contributed by atoms with Gasteiger partial charge in [0.2, 0.25) is 0 Å². The average molecular weight is 113 g/mol. The highest BCUT2D eigenvalue weighted by molar-refractivity contribution is 4.99. The van der Waals surface area contributed by atoms with Crippen LogP contribution in [-0.4, -0.2) is 37.2 Å². The van der Waals surface area contributed by atoms with Gasteiger partial charge in [0.15, 0.2) is 0 Å². The van der Waals surface area contributed by atoms with Crippen LogP contribution in [0.2, 0.25) is 0 Å². The second-order valence-electron chi connectivity index (χ2n) is 2.96. The molecule has 46 valence electrons. The molecule has 2 aliphatic heterocycles. The van der Waals surface area contributed by atoms with Crippen molar-refractivity contribution in [2.24, 2.45) is 0 Å². The molecule has 2 rings (SSSR count). The van der Waals surface area contributed by atoms with Gasteiger partial charge in [-0.25, -0.2) is 0 Å². The minimum atomic E-state index is 0.342. The summed E-state index contributed by atoms with van der Waals surface area (Å²) in [5.41, 5.74) is 0.342. The highest BCUT2D eigenvalue weighted by Gasteiger charge is 2.48. The van der Waals surface area contributed by atoms with E-state index in [2.05, 4.69) is 11.9 Å². The Morgan fingerprint density at radius 2 is 2.38 bits per heavy atom. The second kappa shape index (κ2) is 1.25. The fourth-order valence-corrected chi connectivity index (χ4v) is 1.38. The van der Waals surface area contributed by atoms with Crippen LogP contribution in [0.15, 0.2) is 0 Å². The summed E-state index contributed by atoms with van der Waals surface area (Å²) in [6.45, 7) is 3.39. The number of hydrogen-bond donors (Lipinski definition) is 0. The molecule has 2 saturated heterocycles. The average Bonchev–Trinajstić information content (AvgIpc) is 2.34. The summed E-state index contributed by atoms with van der Waals surface area (Å²) in [4.78, 5) is 2.33. The van der Waals surface area contributed by atoms with E-state index in [-0.39, 0.29) is 0 Å². The van der Waals surface area contributed by atoms with E-state index in [0.717, 1.165) is 13.2 Å². The van der Waals surface area contributed by atoms with Crippen LogP contribution in [0.4, 0.5) is 0 Å². The van der Waals surface area contributed by atoms with E-state index in [0.29, 0.717) is 5.60 Å². The number of hydrogen-bond acceptors (Lipinski definition) is 2. The third-order valence-corrected chi connectivity index (χ3v) is 2.06. The van der Waals surface area contributed by atoms with E-state index in [1.54, 1.807) is 0 Å². The number of likely N-dealkylation sites (tertiary alicyclic amines) is 1. The Hall–Kier alpha value is -0.0800. The maximum absolute atomic E-state index is 5.29. The summed E-state index contributed by atoms with van der Waals surface area (Å²) in [5.74, 6) is 0. The predicted molar refractivity (Wildman–Crippen MR) is 30.8 cm³/mol. The Morgan fingerprint density at radius 1 is 1.62 bits per heavy atom. The molecular formula is C6H11NO. The fraction of sp³-hybridized carbons (Fsp3) is 1.00. The molecule has 2 nitrogen and oxygen atoms in total. The largest absolute Gasteiger partial charge is 0.368 e. The normalized spacial score (nSPS) is 46.1. The molecule has 0 radical (unpaired) electrons. The van der Waals surface area contributed by atoms with E-state index in [4.69, 9.17) is 4.74 Å². The van der Waals surface area contributed by atoms with Crippen molar-refractivity contribution in [3.8, 4) is 0 Å². The maximum atomic E-state index is 5.29. The number of likely N-dealkylation sites (N-methyl/N-ethyl adjacent to an activating group) is 1. The molecule has 0 amide bonds. The Bertz CT molecular complexity index is 109. The van der Waals surface area contributed by atoms with Crippen LogP contribution in [0, 0.1) is 0 Å². The van der Waals surface area contributed by atoms with Gasteiger partial charge in [-0.05, 0) is 13.5 Å². The van der Waals surface area contributed by atoms with Crippen molar-refractivity contribution in [3.63, 3.8) is 0 Å². The van der Waals surface area contributed by atoms with Crippen molar-refractivity contribution in [3.05, 3.63) is 0 Å². The Balaban J connectivity index is 2.03. The van der Waals surface area contributed by atoms with E-state index in [1.807, 2.05) is 0 Å². The van der Waals surface area contributed by atoms with Gasteiger partial charge in [-0.2, -0.15) is 0 Å². The van der Waals surface area contributed by atoms with E-state index in [1.165, 1.54) is 13.0 Å². The van der Waals surface area contributed by atoms with Gasteiger partial charge in [0.25, 0.3) is 0 Å². The summed E-state index contributed by atoms with van der Waals surface area (Å²) in [5, 5.41) is 0. The van der Waals surface area contributed by atoms with Crippen molar-refractivity contribution in [2.45, 2.75) is 12.0 Å². The van der Waals surface area contributed by atoms with Gasteiger partial charge in [0.1, 0.15) is 5.60 Å². The molecular weight excluding hydrogens is 102 g/mol. The molecule has 0 aromatic carbocycles. The zero-order valence-corrected chi connectivity index (χ0v) is 5.18. The molecule has 0 unspecified atom stereocenters. The summed E-state index contributed by atoms with van der Waals surface area (Å²) in [6, 6.07) is 0. The fourth-order valence-electron chi connectivity index (χ4n) is 1.38. The summed E-state index contributed by atoms with van der Waals surface area (Å²) < 4.78 is 5.29. The third-order valence-electron chi connectivity index (χ3n) is 2.06. The molecule has 1 atom stereocenters. The van der Waals surface area contributed by atoms with Crippen molar-refractivity contribution < 1.29 is 4.74 Å². The minimum Gasteiger partial charge on any atom is -0.368 e. The van der Waals surface area contributed by atoms with E-state index >= 15 is 0 Å². The molecule has 0 aromatic heterocycles. The Kier molecular flexibility index (Phi) is 0.746. The van der Waals surface area contributed by atoms with Crippen LogP contribution in [0.5, 0.6) is 0 Å². The molecule has 0 aromatic rings. The van der Waals surface area contributed by atoms with E-state index < -0.39 is 0 Å². The molecule has 0 bridgehead atoms. The first-order valence-corrected chi connectivity index (χ1v) is 3.13. The van der Waals surface area contributed by atoms with Crippen molar-refractivity contribution in [1.82, 2.24) is 4.90 Å². The first-order valence-electron chi connectivity index (χ1n) is 3.13. The number of epoxide rings is 1. The number of ether oxygens (including phenoxy) is 1. The minimum absolute atomic E-state index is 0.342. The lowest BCUT2D eigenvalue weighted by Gasteiger charge is -2.03. The van der Waals surface area contributed by atoms with Gasteiger partial charge in [0, 0.05) is 13.1 Å². The topological polar surface area (TPSA) is 15.8 Å². The molecule has 2 fully saturated rings. The lowest BCUT2D eigenvalue weighted by molar-refractivity contribution is 0.297. The van der Waals surface area contributed by atoms with Crippen LogP contribution in [-0.2, 0) is 4.74 Å². The van der Waals surface area contributed by atoms with Gasteiger partial charge in [-0.1, -0.05) is 0 Å². The SMILES string of the molecule is CN1CC[C@@]2(CO2)C1. The van der Waals surface area contributed by atoms with Crippen LogP contribution < -0.4 is 0 Å². The highest BCUT2D eigenvalue weighted by Crippen LogP contribution is 2.35. The molecule has 2 aliphatic rings. The standard InChI is InChI=1S/C6H11NO/c1-7-3-2-6(4-7)5-8-6/h2-5H2,1H3/t6-/m0/s1. The van der Waals surface area contributed by atoms with Gasteiger partial charge in [-0.3, -0.25) is 0 Å². The van der Waals surface area contributed by atoms with Gasteiger partial charge in [-0.15, -0.1) is 0 Å². The summed E-state index contributed by atoms with van der Waals surface area (Å²) in [6.07, 6.45) is 1.25. The molecule has 0 saturated carbocycles. The molecule has 8 heavy (non-hydrogen) atoms. The lowest BCUT2D eigenvalue weighted by Crippen LogP contribution is -2.18. The second-order valence-corrected chi connectivity index (χ2v) is 2.96. The van der Waals surface area contributed by atoms with Crippen LogP contribution >= 0.6 is 0 Å². The first-order chi connectivity index (χ1) is 3.81. The van der Waals surface area contributed by atoms with Crippen molar-refractivity contribution >= 4 is 0 Å². The zero-order chi connectivity index (χ0) is 5.61. The molecule has 2 heterocycles. The molecule has 0 N–H and O–H groups in total.